The lowest BCUT2D eigenvalue weighted by Crippen LogP contribution is -2.04. The molecule has 0 fully saturated rings. The minimum absolute atomic E-state index is 0.304. The van der Waals surface area contributed by atoms with Gasteiger partial charge in [-0.3, -0.25) is 9.67 Å². The Labute approximate surface area is 168 Å². The predicted molar refractivity (Wildman–Crippen MR) is 112 cm³/mol. The van der Waals surface area contributed by atoms with Crippen molar-refractivity contribution in [3.63, 3.8) is 0 Å². The Kier molecular flexibility index (Phi) is 5.31. The van der Waals surface area contributed by atoms with Crippen LogP contribution in [0.4, 0.5) is 4.39 Å². The predicted octanol–water partition coefficient (Wildman–Crippen LogP) is 5.04. The van der Waals surface area contributed by atoms with Crippen LogP contribution in [0.1, 0.15) is 17.4 Å². The fraction of sp³-hybridized carbons (Fsp3) is 0.0833. The Morgan fingerprint density at radius 2 is 1.62 bits per heavy atom. The summed E-state index contributed by atoms with van der Waals surface area (Å²) in [6, 6.07) is 19.7. The summed E-state index contributed by atoms with van der Waals surface area (Å²) >= 11 is 0. The monoisotopic (exact) mass is 385 g/mol. The molecule has 5 heteroatoms. The van der Waals surface area contributed by atoms with Gasteiger partial charge in [0.1, 0.15) is 17.6 Å². The van der Waals surface area contributed by atoms with E-state index in [-0.39, 0.29) is 5.82 Å². The Morgan fingerprint density at radius 1 is 0.931 bits per heavy atom. The van der Waals surface area contributed by atoms with Crippen LogP contribution in [0.25, 0.3) is 28.5 Å². The number of halogens is 1. The largest absolute Gasteiger partial charge is 0.383 e. The SMILES string of the molecule is Cn1nc(-c2ccc(F)cc2)c(-c2ccncc2)c1C(O)C=Cc1ccccc1. The van der Waals surface area contributed by atoms with Crippen LogP contribution >= 0.6 is 0 Å². The van der Waals surface area contributed by atoms with Crippen LogP contribution in [0, 0.1) is 5.82 Å². The Balaban J connectivity index is 1.83. The number of nitrogens with zero attached hydrogens (tertiary/aromatic N) is 3. The average molecular weight is 385 g/mol. The third kappa shape index (κ3) is 4.00. The molecule has 1 N–H and O–H groups in total. The zero-order valence-corrected chi connectivity index (χ0v) is 15.9. The lowest BCUT2D eigenvalue weighted by atomic mass is 9.97. The number of aryl methyl sites for hydroxylation is 1. The summed E-state index contributed by atoms with van der Waals surface area (Å²) in [4.78, 5) is 4.09. The number of benzene rings is 2. The molecule has 0 aliphatic heterocycles. The van der Waals surface area contributed by atoms with Gasteiger partial charge >= 0.3 is 0 Å². The second-order valence-corrected chi connectivity index (χ2v) is 6.69. The number of aromatic nitrogens is 3. The number of aliphatic hydroxyl groups excluding tert-OH is 1. The van der Waals surface area contributed by atoms with Crippen molar-refractivity contribution in [2.24, 2.45) is 7.05 Å². The van der Waals surface area contributed by atoms with E-state index in [1.165, 1.54) is 12.1 Å². The molecule has 1 atom stereocenters. The van der Waals surface area contributed by atoms with E-state index in [9.17, 15) is 9.50 Å². The highest BCUT2D eigenvalue weighted by molar-refractivity contribution is 5.83. The van der Waals surface area contributed by atoms with E-state index in [1.807, 2.05) is 48.5 Å². The third-order valence-corrected chi connectivity index (χ3v) is 4.73. The Bertz CT molecular complexity index is 1120. The molecule has 0 aliphatic rings. The molecular weight excluding hydrogens is 365 g/mol. The number of hydrogen-bond donors (Lipinski definition) is 1. The van der Waals surface area contributed by atoms with Gasteiger partial charge in [-0.15, -0.1) is 0 Å². The first-order valence-corrected chi connectivity index (χ1v) is 9.28. The third-order valence-electron chi connectivity index (χ3n) is 4.73. The first kappa shape index (κ1) is 18.8. The number of rotatable bonds is 5. The van der Waals surface area contributed by atoms with Gasteiger partial charge in [-0.25, -0.2) is 4.39 Å². The van der Waals surface area contributed by atoms with E-state index >= 15 is 0 Å². The molecule has 1 unspecified atom stereocenters. The van der Waals surface area contributed by atoms with Crippen LogP contribution in [0.15, 0.2) is 85.2 Å². The van der Waals surface area contributed by atoms with Gasteiger partial charge in [0.05, 0.1) is 5.69 Å². The summed E-state index contributed by atoms with van der Waals surface area (Å²) < 4.78 is 15.1. The zero-order valence-electron chi connectivity index (χ0n) is 15.9. The quantitative estimate of drug-likeness (QED) is 0.524. The molecule has 2 aromatic heterocycles. The maximum absolute atomic E-state index is 13.4. The van der Waals surface area contributed by atoms with Gasteiger partial charge in [0.15, 0.2) is 0 Å². The second kappa shape index (κ2) is 8.20. The molecular formula is C24H20FN3O. The fourth-order valence-corrected chi connectivity index (χ4v) is 3.35. The van der Waals surface area contributed by atoms with Gasteiger partial charge in [0.2, 0.25) is 0 Å². The standard InChI is InChI=1S/C24H20FN3O/c1-28-24(21(29)12-7-17-5-3-2-4-6-17)22(18-13-15-26-16-14-18)23(27-28)19-8-10-20(25)11-9-19/h2-16,21,29H,1H3. The first-order valence-electron chi connectivity index (χ1n) is 9.28. The van der Waals surface area contributed by atoms with Gasteiger partial charge in [-0.05, 0) is 53.6 Å². The normalized spacial score (nSPS) is 12.4. The zero-order chi connectivity index (χ0) is 20.2. The molecule has 0 bridgehead atoms. The summed E-state index contributed by atoms with van der Waals surface area (Å²) in [5.41, 5.74) is 4.79. The van der Waals surface area contributed by atoms with Gasteiger partial charge in [0.25, 0.3) is 0 Å². The van der Waals surface area contributed by atoms with Crippen molar-refractivity contribution < 1.29 is 9.50 Å². The summed E-state index contributed by atoms with van der Waals surface area (Å²) in [6.07, 6.45) is 6.15. The highest BCUT2D eigenvalue weighted by Crippen LogP contribution is 2.37. The average Bonchev–Trinajstić information content (AvgIpc) is 3.11. The van der Waals surface area contributed by atoms with Crippen molar-refractivity contribution in [1.82, 2.24) is 14.8 Å². The van der Waals surface area contributed by atoms with Crippen molar-refractivity contribution in [2.45, 2.75) is 6.10 Å². The lowest BCUT2D eigenvalue weighted by molar-refractivity contribution is 0.219. The van der Waals surface area contributed by atoms with Gasteiger partial charge in [-0.2, -0.15) is 5.10 Å². The molecule has 144 valence electrons. The molecule has 0 aliphatic carbocycles. The molecule has 0 spiro atoms. The van der Waals surface area contributed by atoms with Crippen LogP contribution in [-0.2, 0) is 7.05 Å². The molecule has 4 aromatic rings. The summed E-state index contributed by atoms with van der Waals surface area (Å²) in [5, 5.41) is 15.6. The molecule has 0 amide bonds. The maximum atomic E-state index is 13.4. The van der Waals surface area contributed by atoms with Crippen LogP contribution in [0.5, 0.6) is 0 Å². The molecule has 0 saturated carbocycles. The summed E-state index contributed by atoms with van der Waals surface area (Å²) in [5.74, 6) is -0.304. The van der Waals surface area contributed by atoms with E-state index in [4.69, 9.17) is 0 Å². The van der Waals surface area contributed by atoms with Crippen LogP contribution < -0.4 is 0 Å². The van der Waals surface area contributed by atoms with Gasteiger partial charge in [0, 0.05) is 30.6 Å². The molecule has 0 saturated heterocycles. The summed E-state index contributed by atoms with van der Waals surface area (Å²) in [7, 11) is 1.80. The Hall–Kier alpha value is -3.57. The highest BCUT2D eigenvalue weighted by Gasteiger charge is 2.23. The molecule has 4 nitrogen and oxygen atoms in total. The number of hydrogen-bond acceptors (Lipinski definition) is 3. The number of aliphatic hydroxyl groups is 1. The van der Waals surface area contributed by atoms with Crippen LogP contribution in [0.3, 0.4) is 0 Å². The minimum Gasteiger partial charge on any atom is -0.383 e. The fourth-order valence-electron chi connectivity index (χ4n) is 3.35. The van der Waals surface area contributed by atoms with E-state index in [0.717, 1.165) is 22.3 Å². The maximum Gasteiger partial charge on any atom is 0.123 e. The first-order chi connectivity index (χ1) is 14.1. The van der Waals surface area contributed by atoms with Crippen molar-refractivity contribution in [1.29, 1.82) is 0 Å². The Morgan fingerprint density at radius 3 is 2.31 bits per heavy atom. The summed E-state index contributed by atoms with van der Waals surface area (Å²) in [6.45, 7) is 0. The highest BCUT2D eigenvalue weighted by atomic mass is 19.1. The molecule has 2 aromatic carbocycles. The van der Waals surface area contributed by atoms with E-state index < -0.39 is 6.10 Å². The number of pyridine rings is 1. The molecule has 0 radical (unpaired) electrons. The van der Waals surface area contributed by atoms with Crippen LogP contribution in [0.2, 0.25) is 0 Å². The van der Waals surface area contributed by atoms with Gasteiger partial charge < -0.3 is 5.11 Å². The topological polar surface area (TPSA) is 50.9 Å². The van der Waals surface area contributed by atoms with E-state index in [0.29, 0.717) is 11.4 Å². The van der Waals surface area contributed by atoms with E-state index in [2.05, 4.69) is 10.1 Å². The lowest BCUT2D eigenvalue weighted by Gasteiger charge is -2.11. The molecule has 2 heterocycles. The smallest absolute Gasteiger partial charge is 0.123 e. The molecule has 4 rings (SSSR count). The van der Waals surface area contributed by atoms with Crippen molar-refractivity contribution in [3.8, 4) is 22.4 Å². The van der Waals surface area contributed by atoms with Crippen molar-refractivity contribution >= 4 is 6.08 Å². The molecule has 29 heavy (non-hydrogen) atoms. The van der Waals surface area contributed by atoms with E-state index in [1.54, 1.807) is 42.3 Å². The van der Waals surface area contributed by atoms with Crippen molar-refractivity contribution in [3.05, 3.63) is 102 Å². The van der Waals surface area contributed by atoms with Crippen molar-refractivity contribution in [2.75, 3.05) is 0 Å². The minimum atomic E-state index is -0.870. The van der Waals surface area contributed by atoms with Gasteiger partial charge in [-0.1, -0.05) is 36.4 Å². The second-order valence-electron chi connectivity index (χ2n) is 6.69. The van der Waals surface area contributed by atoms with Crippen LogP contribution in [-0.4, -0.2) is 19.9 Å².